The SMILES string of the molecule is C1CC(CCNC2CC3CC2C2CCCC32)C1. The Kier molecular flexibility index (Phi) is 2.72. The van der Waals surface area contributed by atoms with Crippen LogP contribution in [0.5, 0.6) is 0 Å². The van der Waals surface area contributed by atoms with Gasteiger partial charge in [-0.15, -0.1) is 0 Å². The molecule has 96 valence electrons. The van der Waals surface area contributed by atoms with Crippen LogP contribution in [0.25, 0.3) is 0 Å². The summed E-state index contributed by atoms with van der Waals surface area (Å²) in [5.41, 5.74) is 0. The first-order chi connectivity index (χ1) is 8.42. The van der Waals surface area contributed by atoms with Crippen LogP contribution in [0.3, 0.4) is 0 Å². The van der Waals surface area contributed by atoms with Gasteiger partial charge >= 0.3 is 0 Å². The van der Waals surface area contributed by atoms with Gasteiger partial charge in [0.15, 0.2) is 0 Å². The van der Waals surface area contributed by atoms with Crippen LogP contribution in [0.15, 0.2) is 0 Å². The van der Waals surface area contributed by atoms with Crippen LogP contribution in [0, 0.1) is 29.6 Å². The van der Waals surface area contributed by atoms with E-state index in [1.807, 2.05) is 0 Å². The van der Waals surface area contributed by atoms with Crippen molar-refractivity contribution < 1.29 is 0 Å². The van der Waals surface area contributed by atoms with Crippen molar-refractivity contribution in [3.8, 4) is 0 Å². The molecular weight excluding hydrogens is 206 g/mol. The lowest BCUT2D eigenvalue weighted by molar-refractivity contribution is 0.201. The second kappa shape index (κ2) is 4.26. The standard InChI is InChI=1S/C16H27N/c1-3-11(4-1)7-8-17-16-10-12-9-15(16)14-6-2-5-13(12)14/h11-17H,1-10H2. The van der Waals surface area contributed by atoms with Crippen LogP contribution >= 0.6 is 0 Å². The smallest absolute Gasteiger partial charge is 0.0101 e. The molecule has 0 heterocycles. The molecule has 2 bridgehead atoms. The maximum absolute atomic E-state index is 3.92. The van der Waals surface area contributed by atoms with E-state index in [1.54, 1.807) is 19.3 Å². The topological polar surface area (TPSA) is 12.0 Å². The third kappa shape index (κ3) is 1.77. The minimum atomic E-state index is 0.916. The van der Waals surface area contributed by atoms with Gasteiger partial charge in [0.1, 0.15) is 0 Å². The minimum Gasteiger partial charge on any atom is -0.314 e. The van der Waals surface area contributed by atoms with Crippen molar-refractivity contribution in [2.75, 3.05) is 6.54 Å². The van der Waals surface area contributed by atoms with Gasteiger partial charge in [-0.3, -0.25) is 0 Å². The van der Waals surface area contributed by atoms with Crippen molar-refractivity contribution in [3.63, 3.8) is 0 Å². The van der Waals surface area contributed by atoms with E-state index in [4.69, 9.17) is 0 Å². The lowest BCUT2D eigenvalue weighted by atomic mass is 9.79. The first kappa shape index (κ1) is 10.8. The Labute approximate surface area is 106 Å². The summed E-state index contributed by atoms with van der Waals surface area (Å²) in [5.74, 6) is 5.57. The van der Waals surface area contributed by atoms with Crippen molar-refractivity contribution in [2.45, 2.75) is 63.8 Å². The van der Waals surface area contributed by atoms with Crippen LogP contribution in [-0.2, 0) is 0 Å². The maximum atomic E-state index is 3.92. The number of hydrogen-bond donors (Lipinski definition) is 1. The lowest BCUT2D eigenvalue weighted by Gasteiger charge is -2.33. The van der Waals surface area contributed by atoms with Crippen LogP contribution in [0.1, 0.15) is 57.8 Å². The van der Waals surface area contributed by atoms with Gasteiger partial charge in [0, 0.05) is 6.04 Å². The van der Waals surface area contributed by atoms with Crippen molar-refractivity contribution in [2.24, 2.45) is 29.6 Å². The molecule has 1 nitrogen and oxygen atoms in total. The summed E-state index contributed by atoms with van der Waals surface area (Å²) in [6, 6.07) is 0.916. The van der Waals surface area contributed by atoms with Crippen LogP contribution in [0.4, 0.5) is 0 Å². The van der Waals surface area contributed by atoms with E-state index in [1.165, 1.54) is 45.1 Å². The van der Waals surface area contributed by atoms with E-state index >= 15 is 0 Å². The Balaban J connectivity index is 1.28. The Hall–Kier alpha value is -0.0400. The zero-order valence-corrected chi connectivity index (χ0v) is 11.0. The monoisotopic (exact) mass is 233 g/mol. The lowest BCUT2D eigenvalue weighted by Crippen LogP contribution is -2.40. The fourth-order valence-corrected chi connectivity index (χ4v) is 5.56. The fraction of sp³-hybridized carbons (Fsp3) is 1.00. The highest BCUT2D eigenvalue weighted by molar-refractivity contribution is 5.05. The molecule has 0 aromatic rings. The van der Waals surface area contributed by atoms with Gasteiger partial charge in [0.05, 0.1) is 0 Å². The van der Waals surface area contributed by atoms with E-state index in [9.17, 15) is 0 Å². The molecule has 0 spiro atoms. The molecule has 1 N–H and O–H groups in total. The van der Waals surface area contributed by atoms with Crippen molar-refractivity contribution in [1.82, 2.24) is 5.32 Å². The zero-order valence-electron chi connectivity index (χ0n) is 11.0. The molecule has 17 heavy (non-hydrogen) atoms. The molecule has 0 aromatic heterocycles. The molecule has 0 saturated heterocycles. The predicted octanol–water partition coefficient (Wildman–Crippen LogP) is 3.59. The van der Waals surface area contributed by atoms with Gasteiger partial charge < -0.3 is 5.32 Å². The minimum absolute atomic E-state index is 0.916. The van der Waals surface area contributed by atoms with E-state index in [-0.39, 0.29) is 0 Å². The zero-order chi connectivity index (χ0) is 11.2. The molecule has 0 radical (unpaired) electrons. The summed E-state index contributed by atoms with van der Waals surface area (Å²) in [5, 5.41) is 3.92. The first-order valence-corrected chi connectivity index (χ1v) is 8.15. The van der Waals surface area contributed by atoms with E-state index in [0.717, 1.165) is 35.6 Å². The van der Waals surface area contributed by atoms with Crippen molar-refractivity contribution >= 4 is 0 Å². The van der Waals surface area contributed by atoms with Crippen LogP contribution in [-0.4, -0.2) is 12.6 Å². The average molecular weight is 233 g/mol. The molecule has 4 fully saturated rings. The molecular formula is C16H27N. The number of hydrogen-bond acceptors (Lipinski definition) is 1. The second-order valence-corrected chi connectivity index (χ2v) is 7.30. The quantitative estimate of drug-likeness (QED) is 0.782. The van der Waals surface area contributed by atoms with Gasteiger partial charge in [0.25, 0.3) is 0 Å². The Morgan fingerprint density at radius 2 is 1.65 bits per heavy atom. The third-order valence-electron chi connectivity index (χ3n) is 6.61. The van der Waals surface area contributed by atoms with E-state index in [2.05, 4.69) is 5.32 Å². The average Bonchev–Trinajstić information content (AvgIpc) is 2.92. The molecule has 0 aliphatic heterocycles. The maximum Gasteiger partial charge on any atom is 0.0101 e. The van der Waals surface area contributed by atoms with E-state index in [0.29, 0.717) is 0 Å². The molecule has 4 aliphatic rings. The normalized spacial score (nSPS) is 48.4. The van der Waals surface area contributed by atoms with Crippen molar-refractivity contribution in [3.05, 3.63) is 0 Å². The summed E-state index contributed by atoms with van der Waals surface area (Å²) in [6.07, 6.45) is 13.8. The molecule has 4 saturated carbocycles. The summed E-state index contributed by atoms with van der Waals surface area (Å²) in [4.78, 5) is 0. The van der Waals surface area contributed by atoms with Gasteiger partial charge in [-0.2, -0.15) is 0 Å². The Morgan fingerprint density at radius 3 is 2.47 bits per heavy atom. The van der Waals surface area contributed by atoms with Gasteiger partial charge in [-0.1, -0.05) is 25.7 Å². The molecule has 5 atom stereocenters. The van der Waals surface area contributed by atoms with Gasteiger partial charge in [-0.25, -0.2) is 0 Å². The number of nitrogens with one attached hydrogen (secondary N) is 1. The molecule has 5 unspecified atom stereocenters. The number of fused-ring (bicyclic) bond motifs is 5. The molecule has 0 amide bonds. The summed E-state index contributed by atoms with van der Waals surface area (Å²) < 4.78 is 0. The van der Waals surface area contributed by atoms with E-state index < -0.39 is 0 Å². The molecule has 4 aliphatic carbocycles. The van der Waals surface area contributed by atoms with Gasteiger partial charge in [0.2, 0.25) is 0 Å². The number of rotatable bonds is 4. The van der Waals surface area contributed by atoms with Crippen molar-refractivity contribution in [1.29, 1.82) is 0 Å². The summed E-state index contributed by atoms with van der Waals surface area (Å²) in [7, 11) is 0. The highest BCUT2D eigenvalue weighted by Gasteiger charge is 2.53. The van der Waals surface area contributed by atoms with Crippen LogP contribution < -0.4 is 5.32 Å². The fourth-order valence-electron chi connectivity index (χ4n) is 5.56. The highest BCUT2D eigenvalue weighted by Crippen LogP contribution is 2.58. The first-order valence-electron chi connectivity index (χ1n) is 8.15. The summed E-state index contributed by atoms with van der Waals surface area (Å²) >= 11 is 0. The predicted molar refractivity (Wildman–Crippen MR) is 70.8 cm³/mol. The molecule has 0 aromatic carbocycles. The Bertz CT molecular complexity index is 283. The largest absolute Gasteiger partial charge is 0.314 e. The third-order valence-corrected chi connectivity index (χ3v) is 6.61. The second-order valence-electron chi connectivity index (χ2n) is 7.30. The van der Waals surface area contributed by atoms with Crippen LogP contribution in [0.2, 0.25) is 0 Å². The molecule has 1 heteroatoms. The highest BCUT2D eigenvalue weighted by atomic mass is 14.9. The Morgan fingerprint density at radius 1 is 0.824 bits per heavy atom. The van der Waals surface area contributed by atoms with Gasteiger partial charge in [-0.05, 0) is 68.2 Å². The summed E-state index contributed by atoms with van der Waals surface area (Å²) in [6.45, 7) is 1.32. The molecule has 4 rings (SSSR count).